The van der Waals surface area contributed by atoms with E-state index < -0.39 is 26.6 Å². The van der Waals surface area contributed by atoms with E-state index in [2.05, 4.69) is 0 Å². The molecule has 1 aliphatic rings. The maximum absolute atomic E-state index is 13.6. The Morgan fingerprint density at radius 1 is 1.17 bits per heavy atom. The SMILES string of the molecule is O=C(NS(=O)(=O)c1ccccc1F)c1cc(Cl)c2c(c1)OCCO2. The zero-order valence-electron chi connectivity index (χ0n) is 12.1. The first-order chi connectivity index (χ1) is 11.4. The second kappa shape index (κ2) is 6.29. The molecule has 0 aromatic heterocycles. The summed E-state index contributed by atoms with van der Waals surface area (Å²) in [6.07, 6.45) is 0. The van der Waals surface area contributed by atoms with Crippen molar-refractivity contribution in [3.05, 3.63) is 52.8 Å². The van der Waals surface area contributed by atoms with Gasteiger partial charge in [0.25, 0.3) is 15.9 Å². The van der Waals surface area contributed by atoms with Crippen LogP contribution < -0.4 is 14.2 Å². The smallest absolute Gasteiger partial charge is 0.267 e. The second-order valence-corrected chi connectivity index (χ2v) is 6.91. The maximum Gasteiger partial charge on any atom is 0.267 e. The van der Waals surface area contributed by atoms with Crippen LogP contribution in [0.15, 0.2) is 41.3 Å². The number of sulfonamides is 1. The molecule has 1 aliphatic heterocycles. The van der Waals surface area contributed by atoms with Crippen molar-refractivity contribution < 1.29 is 27.1 Å². The Balaban J connectivity index is 1.90. The molecule has 3 rings (SSSR count). The maximum atomic E-state index is 13.6. The molecule has 126 valence electrons. The van der Waals surface area contributed by atoms with Crippen LogP contribution in [0, 0.1) is 5.82 Å². The van der Waals surface area contributed by atoms with Crippen LogP contribution >= 0.6 is 11.6 Å². The Bertz CT molecular complexity index is 916. The van der Waals surface area contributed by atoms with Crippen LogP contribution in [0.4, 0.5) is 4.39 Å². The summed E-state index contributed by atoms with van der Waals surface area (Å²) in [7, 11) is -4.36. The van der Waals surface area contributed by atoms with E-state index >= 15 is 0 Å². The van der Waals surface area contributed by atoms with Gasteiger partial charge in [-0.15, -0.1) is 0 Å². The summed E-state index contributed by atoms with van der Waals surface area (Å²) in [5.74, 6) is -1.39. The summed E-state index contributed by atoms with van der Waals surface area (Å²) in [4.78, 5) is 11.6. The van der Waals surface area contributed by atoms with Crippen LogP contribution in [0.1, 0.15) is 10.4 Å². The number of rotatable bonds is 3. The molecule has 0 bridgehead atoms. The van der Waals surface area contributed by atoms with Crippen LogP contribution in [-0.2, 0) is 10.0 Å². The molecular weight excluding hydrogens is 361 g/mol. The highest BCUT2D eigenvalue weighted by Crippen LogP contribution is 2.38. The Morgan fingerprint density at radius 2 is 1.88 bits per heavy atom. The lowest BCUT2D eigenvalue weighted by Gasteiger charge is -2.20. The molecule has 2 aromatic carbocycles. The van der Waals surface area contributed by atoms with Crippen LogP contribution in [0.5, 0.6) is 11.5 Å². The first-order valence-electron chi connectivity index (χ1n) is 6.79. The molecule has 2 aromatic rings. The minimum atomic E-state index is -4.36. The summed E-state index contributed by atoms with van der Waals surface area (Å²) in [5.41, 5.74) is -0.0517. The molecule has 1 N–H and O–H groups in total. The van der Waals surface area contributed by atoms with Crippen LogP contribution in [0.25, 0.3) is 0 Å². The first kappa shape index (κ1) is 16.5. The monoisotopic (exact) mass is 371 g/mol. The molecule has 0 saturated heterocycles. The van der Waals surface area contributed by atoms with Crippen molar-refractivity contribution in [1.82, 2.24) is 4.72 Å². The van der Waals surface area contributed by atoms with Gasteiger partial charge in [-0.05, 0) is 24.3 Å². The number of benzene rings is 2. The molecule has 0 fully saturated rings. The van der Waals surface area contributed by atoms with E-state index in [1.54, 1.807) is 4.72 Å². The van der Waals surface area contributed by atoms with Gasteiger partial charge in [-0.3, -0.25) is 4.79 Å². The van der Waals surface area contributed by atoms with Gasteiger partial charge < -0.3 is 9.47 Å². The summed E-state index contributed by atoms with van der Waals surface area (Å²) in [5, 5.41) is 0.112. The fourth-order valence-corrected chi connectivity index (χ4v) is 3.46. The molecule has 0 spiro atoms. The summed E-state index contributed by atoms with van der Waals surface area (Å²) >= 11 is 6.01. The number of hydrogen-bond acceptors (Lipinski definition) is 5. The zero-order chi connectivity index (χ0) is 17.3. The molecule has 1 amide bonds. The van der Waals surface area contributed by atoms with Gasteiger partial charge in [0.1, 0.15) is 23.9 Å². The molecule has 1 heterocycles. The third-order valence-corrected chi connectivity index (χ3v) is 4.86. The highest BCUT2D eigenvalue weighted by molar-refractivity contribution is 7.90. The largest absolute Gasteiger partial charge is 0.486 e. The van der Waals surface area contributed by atoms with E-state index in [1.807, 2.05) is 0 Å². The van der Waals surface area contributed by atoms with Gasteiger partial charge in [-0.25, -0.2) is 17.5 Å². The number of nitrogens with one attached hydrogen (secondary N) is 1. The molecule has 0 saturated carbocycles. The topological polar surface area (TPSA) is 81.7 Å². The van der Waals surface area contributed by atoms with Crippen molar-refractivity contribution in [3.8, 4) is 11.5 Å². The molecule has 9 heteroatoms. The van der Waals surface area contributed by atoms with Gasteiger partial charge in [-0.2, -0.15) is 0 Å². The first-order valence-corrected chi connectivity index (χ1v) is 8.65. The van der Waals surface area contributed by atoms with E-state index in [-0.39, 0.29) is 28.7 Å². The molecule has 0 unspecified atom stereocenters. The molecule has 24 heavy (non-hydrogen) atoms. The van der Waals surface area contributed by atoms with E-state index in [1.165, 1.54) is 24.3 Å². The third kappa shape index (κ3) is 3.15. The number of carbonyl (C=O) groups is 1. The summed E-state index contributed by atoms with van der Waals surface area (Å²) in [6.45, 7) is 0.599. The Morgan fingerprint density at radius 3 is 2.62 bits per heavy atom. The van der Waals surface area contributed by atoms with Gasteiger partial charge in [-0.1, -0.05) is 23.7 Å². The zero-order valence-corrected chi connectivity index (χ0v) is 13.7. The lowest BCUT2D eigenvalue weighted by molar-refractivity contribution is 0.0980. The standard InChI is InChI=1S/C15H11ClFNO5S/c16-10-7-9(8-12-14(10)23-6-5-22-12)15(19)18-24(20,21)13-4-2-1-3-11(13)17/h1-4,7-8H,5-6H2,(H,18,19). The third-order valence-electron chi connectivity index (χ3n) is 3.21. The summed E-state index contributed by atoms with van der Waals surface area (Å²) in [6, 6.07) is 7.30. The Hall–Kier alpha value is -2.32. The van der Waals surface area contributed by atoms with Gasteiger partial charge in [0.2, 0.25) is 0 Å². The van der Waals surface area contributed by atoms with E-state index in [9.17, 15) is 17.6 Å². The van der Waals surface area contributed by atoms with Crippen LogP contribution in [0.2, 0.25) is 5.02 Å². The average molecular weight is 372 g/mol. The number of fused-ring (bicyclic) bond motifs is 1. The van der Waals surface area contributed by atoms with Crippen LogP contribution in [-0.4, -0.2) is 27.5 Å². The predicted molar refractivity (Wildman–Crippen MR) is 83.5 cm³/mol. The van der Waals surface area contributed by atoms with Gasteiger partial charge in [0.15, 0.2) is 11.5 Å². The number of carbonyl (C=O) groups excluding carboxylic acids is 1. The van der Waals surface area contributed by atoms with Crippen molar-refractivity contribution in [1.29, 1.82) is 0 Å². The van der Waals surface area contributed by atoms with E-state index in [0.29, 0.717) is 6.61 Å². The van der Waals surface area contributed by atoms with Crippen molar-refractivity contribution in [3.63, 3.8) is 0 Å². The lowest BCUT2D eigenvalue weighted by Crippen LogP contribution is -2.31. The normalized spacial score (nSPS) is 13.4. The average Bonchev–Trinajstić information content (AvgIpc) is 2.54. The fraction of sp³-hybridized carbons (Fsp3) is 0.133. The highest BCUT2D eigenvalue weighted by Gasteiger charge is 2.24. The number of ether oxygens (including phenoxy) is 2. The van der Waals surface area contributed by atoms with E-state index in [4.69, 9.17) is 21.1 Å². The fourth-order valence-electron chi connectivity index (χ4n) is 2.14. The second-order valence-electron chi connectivity index (χ2n) is 4.85. The Labute approximate surface area is 142 Å². The number of hydrogen-bond donors (Lipinski definition) is 1. The van der Waals surface area contributed by atoms with Crippen molar-refractivity contribution >= 4 is 27.5 Å². The molecule has 0 radical (unpaired) electrons. The highest BCUT2D eigenvalue weighted by atomic mass is 35.5. The minimum Gasteiger partial charge on any atom is -0.486 e. The summed E-state index contributed by atoms with van der Waals surface area (Å²) < 4.78 is 50.4. The number of amides is 1. The van der Waals surface area contributed by atoms with Gasteiger partial charge >= 0.3 is 0 Å². The van der Waals surface area contributed by atoms with Crippen molar-refractivity contribution in [2.75, 3.05) is 13.2 Å². The molecule has 0 aliphatic carbocycles. The van der Waals surface area contributed by atoms with Crippen molar-refractivity contribution in [2.45, 2.75) is 4.90 Å². The minimum absolute atomic E-state index is 0.0517. The molecular formula is C15H11ClFNO5S. The van der Waals surface area contributed by atoms with Crippen molar-refractivity contribution in [2.24, 2.45) is 0 Å². The quantitative estimate of drug-likeness (QED) is 0.895. The number of halogens is 2. The Kier molecular flexibility index (Phi) is 4.33. The molecule has 6 nitrogen and oxygen atoms in total. The predicted octanol–water partition coefficient (Wildman–Crippen LogP) is 2.37. The van der Waals surface area contributed by atoms with Gasteiger partial charge in [0.05, 0.1) is 5.02 Å². The lowest BCUT2D eigenvalue weighted by atomic mass is 10.2. The molecule has 0 atom stereocenters. The van der Waals surface area contributed by atoms with E-state index in [0.717, 1.165) is 12.1 Å². The van der Waals surface area contributed by atoms with Crippen LogP contribution in [0.3, 0.4) is 0 Å². The van der Waals surface area contributed by atoms with Gasteiger partial charge in [0, 0.05) is 5.56 Å².